The molecule has 27 heteroatoms. The minimum Gasteiger partial charge on any atom is -0.396 e. The highest BCUT2D eigenvalue weighted by Crippen LogP contribution is 2.30. The molecule has 70 heavy (non-hydrogen) atoms. The molecule has 6 amide bonds. The van der Waals surface area contributed by atoms with Gasteiger partial charge in [-0.05, 0) is 44.4 Å². The minimum absolute atomic E-state index is 0.0216. The van der Waals surface area contributed by atoms with Crippen molar-refractivity contribution in [2.75, 3.05) is 60.0 Å². The van der Waals surface area contributed by atoms with E-state index < -0.39 is 128 Å². The molecular weight excluding hydrogens is 931 g/mol. The molecule has 0 saturated heterocycles. The topological polar surface area (TPSA) is 420 Å². The van der Waals surface area contributed by atoms with Gasteiger partial charge in [-0.2, -0.15) is 0 Å². The Kier molecular flexibility index (Phi) is 27.3. The largest absolute Gasteiger partial charge is 0.396 e. The SMILES string of the molecule is CC(=O)NC1C(OCNCNC(=O)CCC(CCC(=O)NCNCOC2CC(CO)C(O)C(O)C2NC(C)=O)CCC(=O)NCNCOC2CC(CO)C(O)C(O)C2NC(C)=O)CC(CO)C(O)C1O. The molecule has 3 aliphatic carbocycles. The van der Waals surface area contributed by atoms with Gasteiger partial charge in [0.25, 0.3) is 0 Å². The van der Waals surface area contributed by atoms with Gasteiger partial charge in [0.05, 0.1) is 94.9 Å². The minimum atomic E-state index is -1.38. The molecule has 0 aromatic rings. The van der Waals surface area contributed by atoms with Gasteiger partial charge >= 0.3 is 0 Å². The Morgan fingerprint density at radius 3 is 0.929 bits per heavy atom. The lowest BCUT2D eigenvalue weighted by atomic mass is 9.79. The second-order valence-electron chi connectivity index (χ2n) is 18.3. The fourth-order valence-corrected chi connectivity index (χ4v) is 9.03. The Balaban J connectivity index is 1.48. The Morgan fingerprint density at radius 2 is 0.700 bits per heavy atom. The highest BCUT2D eigenvalue weighted by molar-refractivity contribution is 5.77. The summed E-state index contributed by atoms with van der Waals surface area (Å²) in [4.78, 5) is 73.9. The number of ether oxygens (including phenoxy) is 3. The molecule has 0 spiro atoms. The summed E-state index contributed by atoms with van der Waals surface area (Å²) in [6.45, 7) is 2.17. The Morgan fingerprint density at radius 1 is 0.443 bits per heavy atom. The van der Waals surface area contributed by atoms with Crippen LogP contribution in [0.1, 0.15) is 78.6 Å². The van der Waals surface area contributed by atoms with Crippen LogP contribution in [0.5, 0.6) is 0 Å². The average molecular weight is 1010 g/mol. The predicted octanol–water partition coefficient (Wildman–Crippen LogP) is -7.32. The van der Waals surface area contributed by atoms with E-state index in [9.17, 15) is 74.7 Å². The van der Waals surface area contributed by atoms with Crippen LogP contribution >= 0.6 is 0 Å². The van der Waals surface area contributed by atoms with E-state index in [2.05, 4.69) is 47.9 Å². The molecule has 0 aliphatic heterocycles. The first-order valence-corrected chi connectivity index (χ1v) is 23.8. The Bertz CT molecular complexity index is 1450. The van der Waals surface area contributed by atoms with Crippen LogP contribution in [0.25, 0.3) is 0 Å². The maximum Gasteiger partial charge on any atom is 0.220 e. The van der Waals surface area contributed by atoms with Crippen molar-refractivity contribution in [2.24, 2.45) is 23.7 Å². The van der Waals surface area contributed by atoms with Crippen LogP contribution in [-0.4, -0.2) is 214 Å². The first kappa shape index (κ1) is 60.5. The monoisotopic (exact) mass is 1010 g/mol. The van der Waals surface area contributed by atoms with Gasteiger partial charge in [-0.1, -0.05) is 0 Å². The van der Waals surface area contributed by atoms with Crippen molar-refractivity contribution < 1.29 is 88.9 Å². The molecule has 0 heterocycles. The molecule has 0 bridgehead atoms. The number of carbonyl (C=O) groups excluding carboxylic acids is 6. The van der Waals surface area contributed by atoms with Crippen LogP contribution in [0, 0.1) is 23.7 Å². The number of carbonyl (C=O) groups is 6. The highest BCUT2D eigenvalue weighted by Gasteiger charge is 2.46. The molecule has 27 nitrogen and oxygen atoms in total. The summed E-state index contributed by atoms with van der Waals surface area (Å²) in [6.07, 6.45) is -8.68. The van der Waals surface area contributed by atoms with Crippen LogP contribution in [0.2, 0.25) is 0 Å². The normalized spacial score (nSPS) is 31.5. The zero-order valence-electron chi connectivity index (χ0n) is 40.2. The van der Waals surface area contributed by atoms with Crippen LogP contribution in [0.3, 0.4) is 0 Å². The lowest BCUT2D eigenvalue weighted by molar-refractivity contribution is -0.143. The molecule has 15 atom stereocenters. The number of rotatable bonds is 30. The number of aliphatic hydroxyl groups is 9. The summed E-state index contributed by atoms with van der Waals surface area (Å²) in [6, 6.07) is -2.80. The lowest BCUT2D eigenvalue weighted by Gasteiger charge is -2.42. The molecule has 3 fully saturated rings. The molecular formula is C43H79N9O18. The molecule has 404 valence electrons. The van der Waals surface area contributed by atoms with E-state index in [0.29, 0.717) is 19.3 Å². The number of amides is 6. The van der Waals surface area contributed by atoms with E-state index in [1.807, 2.05) is 0 Å². The number of hydrogen-bond acceptors (Lipinski definition) is 21. The average Bonchev–Trinajstić information content (AvgIpc) is 3.31. The van der Waals surface area contributed by atoms with Crippen molar-refractivity contribution in [1.29, 1.82) is 0 Å². The van der Waals surface area contributed by atoms with E-state index >= 15 is 0 Å². The van der Waals surface area contributed by atoms with E-state index in [1.54, 1.807) is 0 Å². The number of hydrogen-bond donors (Lipinski definition) is 18. The zero-order chi connectivity index (χ0) is 51.9. The smallest absolute Gasteiger partial charge is 0.220 e. The fourth-order valence-electron chi connectivity index (χ4n) is 9.03. The van der Waals surface area contributed by atoms with Crippen molar-refractivity contribution in [1.82, 2.24) is 47.9 Å². The molecule has 3 saturated carbocycles. The Hall–Kier alpha value is -3.78. The van der Waals surface area contributed by atoms with Crippen molar-refractivity contribution in [3.8, 4) is 0 Å². The van der Waals surface area contributed by atoms with Gasteiger partial charge in [-0.15, -0.1) is 0 Å². The summed E-state index contributed by atoms with van der Waals surface area (Å²) in [5.41, 5.74) is 0. The summed E-state index contributed by atoms with van der Waals surface area (Å²) in [7, 11) is 0. The standard InChI is InChI=1S/C43H79N9O18/c1-22(56)50-35-29(10-26(13-53)38(62)41(35)65)68-19-44-16-47-32(59)7-4-25(5-8-33(60)48-17-45-20-69-30-11-27(14-54)39(63)42(66)36(30)51-23(2)57)6-9-34(61)49-18-46-21-70-31-12-28(15-55)40(64)43(67)37(31)52-24(3)58/h25-31,35-46,53-55,62-67H,4-21H2,1-3H3,(H,47,59)(H,48,60)(H,49,61)(H,50,56)(H,51,57)(H,52,58). The second-order valence-corrected chi connectivity index (χ2v) is 18.3. The van der Waals surface area contributed by atoms with Crippen LogP contribution in [0.4, 0.5) is 0 Å². The summed E-state index contributed by atoms with van der Waals surface area (Å²) < 4.78 is 17.4. The molecule has 0 aromatic heterocycles. The third kappa shape index (κ3) is 20.0. The molecule has 3 aliphatic rings. The van der Waals surface area contributed by atoms with Gasteiger partial charge in [0.2, 0.25) is 35.4 Å². The number of nitrogens with one attached hydrogen (secondary N) is 9. The maximum atomic E-state index is 12.9. The molecule has 15 unspecified atom stereocenters. The first-order chi connectivity index (χ1) is 33.3. The van der Waals surface area contributed by atoms with Gasteiger partial charge in [0, 0.05) is 77.6 Å². The number of aliphatic hydroxyl groups excluding tert-OH is 9. The van der Waals surface area contributed by atoms with E-state index in [1.165, 1.54) is 20.8 Å². The molecule has 18 N–H and O–H groups in total. The first-order valence-electron chi connectivity index (χ1n) is 23.8. The molecule has 0 radical (unpaired) electrons. The van der Waals surface area contributed by atoms with Gasteiger partial charge in [0.15, 0.2) is 0 Å². The van der Waals surface area contributed by atoms with E-state index in [-0.39, 0.29) is 102 Å². The summed E-state index contributed by atoms with van der Waals surface area (Å²) >= 11 is 0. The van der Waals surface area contributed by atoms with Crippen LogP contribution in [-0.2, 0) is 43.0 Å². The summed E-state index contributed by atoms with van der Waals surface area (Å²) in [5, 5.41) is 116. The molecule has 0 aromatic carbocycles. The van der Waals surface area contributed by atoms with Gasteiger partial charge in [-0.25, -0.2) is 0 Å². The van der Waals surface area contributed by atoms with Crippen molar-refractivity contribution in [3.63, 3.8) is 0 Å². The zero-order valence-corrected chi connectivity index (χ0v) is 40.2. The third-order valence-electron chi connectivity index (χ3n) is 13.0. The Labute approximate surface area is 406 Å². The van der Waals surface area contributed by atoms with Crippen molar-refractivity contribution in [2.45, 2.75) is 152 Å². The van der Waals surface area contributed by atoms with Crippen molar-refractivity contribution >= 4 is 35.4 Å². The van der Waals surface area contributed by atoms with Crippen LogP contribution < -0.4 is 47.9 Å². The predicted molar refractivity (Wildman–Crippen MR) is 243 cm³/mol. The third-order valence-corrected chi connectivity index (χ3v) is 13.0. The fraction of sp³-hybridized carbons (Fsp3) is 0.860. The quantitative estimate of drug-likeness (QED) is 0.0235. The van der Waals surface area contributed by atoms with Gasteiger partial charge in [-0.3, -0.25) is 44.7 Å². The van der Waals surface area contributed by atoms with Gasteiger partial charge in [0.1, 0.15) is 18.3 Å². The lowest BCUT2D eigenvalue weighted by Crippen LogP contribution is -2.62. The van der Waals surface area contributed by atoms with Gasteiger partial charge < -0.3 is 92.1 Å². The summed E-state index contributed by atoms with van der Waals surface area (Å²) in [5.74, 6) is -4.66. The van der Waals surface area contributed by atoms with E-state index in [0.717, 1.165) is 0 Å². The molecule has 3 rings (SSSR count). The highest BCUT2D eigenvalue weighted by atomic mass is 16.5. The van der Waals surface area contributed by atoms with E-state index in [4.69, 9.17) is 14.2 Å². The second kappa shape index (κ2) is 31.6. The van der Waals surface area contributed by atoms with Crippen LogP contribution in [0.15, 0.2) is 0 Å². The maximum absolute atomic E-state index is 12.9. The van der Waals surface area contributed by atoms with Crippen molar-refractivity contribution in [3.05, 3.63) is 0 Å².